The van der Waals surface area contributed by atoms with Crippen LogP contribution in [0.2, 0.25) is 5.15 Å². The van der Waals surface area contributed by atoms with E-state index in [2.05, 4.69) is 4.98 Å². The Morgan fingerprint density at radius 2 is 2.21 bits per heavy atom. The van der Waals surface area contributed by atoms with Gasteiger partial charge in [0.15, 0.2) is 0 Å². The Kier molecular flexibility index (Phi) is 3.83. The summed E-state index contributed by atoms with van der Waals surface area (Å²) >= 11 is 5.66. The number of hydrogen-bond acceptors (Lipinski definition) is 4. The van der Waals surface area contributed by atoms with E-state index in [9.17, 15) is 10.2 Å². The second kappa shape index (κ2) is 4.70. The molecule has 14 heavy (non-hydrogen) atoms. The zero-order valence-electron chi connectivity index (χ0n) is 7.81. The Morgan fingerprint density at radius 1 is 1.57 bits per heavy atom. The van der Waals surface area contributed by atoms with Gasteiger partial charge in [0, 0.05) is 18.3 Å². The molecule has 4 N–H and O–H groups in total. The van der Waals surface area contributed by atoms with E-state index in [1.54, 1.807) is 13.0 Å². The average molecular weight is 217 g/mol. The number of rotatable bonds is 3. The predicted octanol–water partition coefficient (Wildman–Crippen LogP) is 0.396. The molecule has 0 spiro atoms. The lowest BCUT2D eigenvalue weighted by atomic mass is 10.0. The summed E-state index contributed by atoms with van der Waals surface area (Å²) in [6.45, 7) is 1.79. The first-order valence-corrected chi connectivity index (χ1v) is 4.62. The van der Waals surface area contributed by atoms with Crippen LogP contribution in [0, 0.1) is 6.92 Å². The number of aliphatic hydroxyl groups excluding tert-OH is 2. The molecule has 2 atom stereocenters. The van der Waals surface area contributed by atoms with Crippen molar-refractivity contribution in [2.45, 2.75) is 19.1 Å². The molecular weight excluding hydrogens is 204 g/mol. The van der Waals surface area contributed by atoms with E-state index < -0.39 is 12.2 Å². The Morgan fingerprint density at radius 3 is 2.71 bits per heavy atom. The number of nitrogens with two attached hydrogens (primary N) is 1. The molecule has 0 fully saturated rings. The monoisotopic (exact) mass is 216 g/mol. The van der Waals surface area contributed by atoms with Crippen LogP contribution in [0.15, 0.2) is 12.3 Å². The van der Waals surface area contributed by atoms with Gasteiger partial charge in [0.25, 0.3) is 0 Å². The highest BCUT2D eigenvalue weighted by Gasteiger charge is 2.18. The standard InChI is InChI=1S/C9H13ClN2O2/c1-5-2-8(10)12-4-6(5)9(14)7(13)3-11/h2,4,7,9,13-14H,3,11H2,1H3. The van der Waals surface area contributed by atoms with Crippen molar-refractivity contribution in [3.63, 3.8) is 0 Å². The van der Waals surface area contributed by atoms with E-state index in [-0.39, 0.29) is 6.54 Å². The van der Waals surface area contributed by atoms with Crippen molar-refractivity contribution >= 4 is 11.6 Å². The van der Waals surface area contributed by atoms with Crippen molar-refractivity contribution in [1.82, 2.24) is 4.98 Å². The van der Waals surface area contributed by atoms with Crippen LogP contribution in [0.3, 0.4) is 0 Å². The number of aliphatic hydroxyl groups is 2. The van der Waals surface area contributed by atoms with Crippen molar-refractivity contribution in [2.24, 2.45) is 5.73 Å². The van der Waals surface area contributed by atoms with Gasteiger partial charge in [0.2, 0.25) is 0 Å². The van der Waals surface area contributed by atoms with Crippen LogP contribution in [-0.4, -0.2) is 27.8 Å². The molecule has 0 aliphatic carbocycles. The molecule has 0 aromatic carbocycles. The number of hydrogen-bond donors (Lipinski definition) is 3. The maximum absolute atomic E-state index is 9.65. The van der Waals surface area contributed by atoms with Gasteiger partial charge in [0.05, 0.1) is 6.10 Å². The third kappa shape index (κ3) is 2.42. The van der Waals surface area contributed by atoms with Crippen molar-refractivity contribution in [1.29, 1.82) is 0 Å². The fraction of sp³-hybridized carbons (Fsp3) is 0.444. The lowest BCUT2D eigenvalue weighted by molar-refractivity contribution is 0.0237. The summed E-state index contributed by atoms with van der Waals surface area (Å²) in [4.78, 5) is 3.83. The normalized spacial score (nSPS) is 15.2. The molecule has 0 radical (unpaired) electrons. The van der Waals surface area contributed by atoms with Crippen molar-refractivity contribution in [3.05, 3.63) is 28.5 Å². The number of aryl methyl sites for hydroxylation is 1. The lowest BCUT2D eigenvalue weighted by Crippen LogP contribution is -2.27. The number of halogens is 1. The van der Waals surface area contributed by atoms with Crippen LogP contribution in [0.25, 0.3) is 0 Å². The smallest absolute Gasteiger partial charge is 0.129 e. The molecule has 1 aromatic rings. The van der Waals surface area contributed by atoms with Gasteiger partial charge < -0.3 is 15.9 Å². The van der Waals surface area contributed by atoms with Gasteiger partial charge in [0.1, 0.15) is 11.3 Å². The first-order valence-electron chi connectivity index (χ1n) is 4.24. The third-order valence-corrected chi connectivity index (χ3v) is 2.25. The Hall–Kier alpha value is -0.680. The van der Waals surface area contributed by atoms with Gasteiger partial charge >= 0.3 is 0 Å². The molecule has 1 aromatic heterocycles. The minimum Gasteiger partial charge on any atom is -0.389 e. The lowest BCUT2D eigenvalue weighted by Gasteiger charge is -2.17. The number of aromatic nitrogens is 1. The Labute approximate surface area is 87.3 Å². The summed E-state index contributed by atoms with van der Waals surface area (Å²) in [7, 11) is 0. The first-order chi connectivity index (χ1) is 6.56. The van der Waals surface area contributed by atoms with Crippen molar-refractivity contribution < 1.29 is 10.2 Å². The summed E-state index contributed by atoms with van der Waals surface area (Å²) in [5, 5.41) is 19.3. The van der Waals surface area contributed by atoms with Crippen LogP contribution in [0.5, 0.6) is 0 Å². The van der Waals surface area contributed by atoms with Crippen LogP contribution >= 0.6 is 11.6 Å². The molecule has 0 saturated heterocycles. The molecule has 4 nitrogen and oxygen atoms in total. The van der Waals surface area contributed by atoms with E-state index in [1.807, 2.05) is 0 Å². The molecule has 0 aliphatic rings. The average Bonchev–Trinajstić information content (AvgIpc) is 2.15. The zero-order valence-corrected chi connectivity index (χ0v) is 8.57. The van der Waals surface area contributed by atoms with Gasteiger partial charge in [-0.1, -0.05) is 11.6 Å². The minimum absolute atomic E-state index is 0.00321. The predicted molar refractivity (Wildman–Crippen MR) is 54.0 cm³/mol. The summed E-state index contributed by atoms with van der Waals surface area (Å²) in [6, 6.07) is 1.63. The Bertz CT molecular complexity index is 320. The quantitative estimate of drug-likeness (QED) is 0.639. The van der Waals surface area contributed by atoms with Gasteiger partial charge in [-0.15, -0.1) is 0 Å². The SMILES string of the molecule is Cc1cc(Cl)ncc1C(O)C(O)CN. The van der Waals surface area contributed by atoms with Crippen LogP contribution in [0.4, 0.5) is 0 Å². The second-order valence-electron chi connectivity index (χ2n) is 3.11. The van der Waals surface area contributed by atoms with E-state index >= 15 is 0 Å². The molecule has 1 heterocycles. The van der Waals surface area contributed by atoms with Crippen molar-refractivity contribution in [3.8, 4) is 0 Å². The second-order valence-corrected chi connectivity index (χ2v) is 3.50. The van der Waals surface area contributed by atoms with Crippen LogP contribution in [-0.2, 0) is 0 Å². The van der Waals surface area contributed by atoms with Gasteiger partial charge in [-0.05, 0) is 18.6 Å². The van der Waals surface area contributed by atoms with E-state index in [4.69, 9.17) is 17.3 Å². The number of nitrogens with zero attached hydrogens (tertiary/aromatic N) is 1. The maximum atomic E-state index is 9.65. The summed E-state index contributed by atoms with van der Waals surface area (Å²) in [6.07, 6.45) is -0.539. The summed E-state index contributed by atoms with van der Waals surface area (Å²) in [5.74, 6) is 0. The Balaban J connectivity index is 2.95. The molecule has 1 rings (SSSR count). The van der Waals surface area contributed by atoms with Gasteiger partial charge in [-0.2, -0.15) is 0 Å². The van der Waals surface area contributed by atoms with E-state index in [1.165, 1.54) is 6.20 Å². The van der Waals surface area contributed by atoms with Crippen LogP contribution in [0.1, 0.15) is 17.2 Å². The fourth-order valence-electron chi connectivity index (χ4n) is 1.18. The van der Waals surface area contributed by atoms with E-state index in [0.717, 1.165) is 5.56 Å². The fourth-order valence-corrected chi connectivity index (χ4v) is 1.39. The maximum Gasteiger partial charge on any atom is 0.129 e. The first kappa shape index (κ1) is 11.4. The molecule has 0 aliphatic heterocycles. The minimum atomic E-state index is -1.01. The van der Waals surface area contributed by atoms with Crippen LogP contribution < -0.4 is 5.73 Å². The van der Waals surface area contributed by atoms with Gasteiger partial charge in [-0.25, -0.2) is 4.98 Å². The highest BCUT2D eigenvalue weighted by Crippen LogP contribution is 2.21. The summed E-state index contributed by atoms with van der Waals surface area (Å²) < 4.78 is 0. The highest BCUT2D eigenvalue weighted by molar-refractivity contribution is 6.29. The molecule has 2 unspecified atom stereocenters. The number of pyridine rings is 1. The highest BCUT2D eigenvalue weighted by atomic mass is 35.5. The van der Waals surface area contributed by atoms with Gasteiger partial charge in [-0.3, -0.25) is 0 Å². The molecule has 0 saturated carbocycles. The zero-order chi connectivity index (χ0) is 10.7. The molecule has 5 heteroatoms. The molecule has 0 amide bonds. The van der Waals surface area contributed by atoms with Crippen molar-refractivity contribution in [2.75, 3.05) is 6.54 Å². The third-order valence-electron chi connectivity index (χ3n) is 2.04. The molecule has 78 valence electrons. The van der Waals surface area contributed by atoms with E-state index in [0.29, 0.717) is 10.7 Å². The summed E-state index contributed by atoms with van der Waals surface area (Å²) in [5.41, 5.74) is 6.56. The topological polar surface area (TPSA) is 79.4 Å². The molecular formula is C9H13ClN2O2. The largest absolute Gasteiger partial charge is 0.389 e. The molecule has 0 bridgehead atoms.